The standard InChI is InChI=1S/C15H15BrN2O/c1-11(12-5-3-2-4-6-12)7-15(19)18-14-8-13(16)9-17-10-14/h2-6,8-11H,7H2,1H3,(H,18,19). The van der Waals surface area contributed by atoms with Gasteiger partial charge in [-0.05, 0) is 33.5 Å². The average Bonchev–Trinajstić information content (AvgIpc) is 2.39. The van der Waals surface area contributed by atoms with Crippen molar-refractivity contribution in [2.45, 2.75) is 19.3 Å². The summed E-state index contributed by atoms with van der Waals surface area (Å²) in [6, 6.07) is 11.9. The fourth-order valence-corrected chi connectivity index (χ4v) is 2.23. The summed E-state index contributed by atoms with van der Waals surface area (Å²) in [7, 11) is 0. The van der Waals surface area contributed by atoms with Crippen molar-refractivity contribution in [2.24, 2.45) is 0 Å². The van der Waals surface area contributed by atoms with E-state index in [-0.39, 0.29) is 11.8 Å². The molecule has 1 atom stereocenters. The predicted molar refractivity (Wildman–Crippen MR) is 80.0 cm³/mol. The highest BCUT2D eigenvalue weighted by Gasteiger charge is 2.11. The van der Waals surface area contributed by atoms with Crippen molar-refractivity contribution in [1.82, 2.24) is 4.98 Å². The average molecular weight is 319 g/mol. The number of anilines is 1. The zero-order valence-corrected chi connectivity index (χ0v) is 12.2. The summed E-state index contributed by atoms with van der Waals surface area (Å²) in [6.45, 7) is 2.05. The normalized spacial score (nSPS) is 11.9. The molecule has 3 nitrogen and oxygen atoms in total. The Labute approximate surface area is 121 Å². The largest absolute Gasteiger partial charge is 0.325 e. The van der Waals surface area contributed by atoms with E-state index < -0.39 is 0 Å². The number of amides is 1. The van der Waals surface area contributed by atoms with Crippen LogP contribution in [0.3, 0.4) is 0 Å². The second-order valence-electron chi connectivity index (χ2n) is 4.46. The number of halogens is 1. The van der Waals surface area contributed by atoms with Gasteiger partial charge in [0, 0.05) is 17.1 Å². The molecule has 19 heavy (non-hydrogen) atoms. The molecule has 0 spiro atoms. The van der Waals surface area contributed by atoms with E-state index in [0.29, 0.717) is 12.1 Å². The highest BCUT2D eigenvalue weighted by atomic mass is 79.9. The zero-order chi connectivity index (χ0) is 13.7. The van der Waals surface area contributed by atoms with Gasteiger partial charge in [0.25, 0.3) is 0 Å². The van der Waals surface area contributed by atoms with Crippen molar-refractivity contribution in [3.63, 3.8) is 0 Å². The third-order valence-corrected chi connectivity index (χ3v) is 3.28. The van der Waals surface area contributed by atoms with Crippen LogP contribution in [0.2, 0.25) is 0 Å². The van der Waals surface area contributed by atoms with Gasteiger partial charge in [0.1, 0.15) is 0 Å². The lowest BCUT2D eigenvalue weighted by Gasteiger charge is -2.11. The Bertz CT molecular complexity index is 557. The van der Waals surface area contributed by atoms with E-state index >= 15 is 0 Å². The van der Waals surface area contributed by atoms with E-state index in [1.807, 2.05) is 43.3 Å². The highest BCUT2D eigenvalue weighted by molar-refractivity contribution is 9.10. The monoisotopic (exact) mass is 318 g/mol. The second-order valence-corrected chi connectivity index (χ2v) is 5.37. The molecule has 0 fully saturated rings. The fraction of sp³-hybridized carbons (Fsp3) is 0.200. The first-order chi connectivity index (χ1) is 9.15. The molecule has 98 valence electrons. The first-order valence-electron chi connectivity index (χ1n) is 6.10. The number of pyridine rings is 1. The Morgan fingerprint density at radius 2 is 2.05 bits per heavy atom. The molecule has 1 aromatic heterocycles. The van der Waals surface area contributed by atoms with Gasteiger partial charge in [0.15, 0.2) is 0 Å². The van der Waals surface area contributed by atoms with Crippen LogP contribution in [0.5, 0.6) is 0 Å². The molecule has 2 rings (SSSR count). The van der Waals surface area contributed by atoms with E-state index in [9.17, 15) is 4.79 Å². The maximum Gasteiger partial charge on any atom is 0.225 e. The molecule has 0 aliphatic carbocycles. The van der Waals surface area contributed by atoms with E-state index in [2.05, 4.69) is 26.2 Å². The Morgan fingerprint density at radius 1 is 1.32 bits per heavy atom. The zero-order valence-electron chi connectivity index (χ0n) is 10.6. The third-order valence-electron chi connectivity index (χ3n) is 2.85. The third kappa shape index (κ3) is 4.17. The van der Waals surface area contributed by atoms with Crippen molar-refractivity contribution in [3.05, 3.63) is 58.8 Å². The van der Waals surface area contributed by atoms with E-state index in [1.54, 1.807) is 12.4 Å². The maximum absolute atomic E-state index is 12.0. The number of hydrogen-bond acceptors (Lipinski definition) is 2. The Balaban J connectivity index is 1.95. The van der Waals surface area contributed by atoms with Gasteiger partial charge < -0.3 is 5.32 Å². The molecule has 0 aliphatic heterocycles. The molecule has 0 saturated heterocycles. The lowest BCUT2D eigenvalue weighted by molar-refractivity contribution is -0.116. The number of aromatic nitrogens is 1. The Kier molecular flexibility index (Phi) is 4.68. The van der Waals surface area contributed by atoms with Gasteiger partial charge in [-0.3, -0.25) is 9.78 Å². The minimum atomic E-state index is -0.00347. The molecule has 0 saturated carbocycles. The van der Waals surface area contributed by atoms with Gasteiger partial charge in [-0.1, -0.05) is 37.3 Å². The lowest BCUT2D eigenvalue weighted by Crippen LogP contribution is -2.14. The Morgan fingerprint density at radius 3 is 2.74 bits per heavy atom. The number of rotatable bonds is 4. The highest BCUT2D eigenvalue weighted by Crippen LogP contribution is 2.20. The minimum Gasteiger partial charge on any atom is -0.325 e. The molecule has 1 aromatic carbocycles. The molecule has 0 aliphatic rings. The summed E-state index contributed by atoms with van der Waals surface area (Å²) < 4.78 is 0.849. The van der Waals surface area contributed by atoms with Crippen LogP contribution in [0.15, 0.2) is 53.3 Å². The van der Waals surface area contributed by atoms with Crippen LogP contribution in [0.1, 0.15) is 24.8 Å². The summed E-state index contributed by atoms with van der Waals surface area (Å²) in [4.78, 5) is 16.0. The van der Waals surface area contributed by atoms with Crippen LogP contribution in [0.25, 0.3) is 0 Å². The first-order valence-corrected chi connectivity index (χ1v) is 6.90. The van der Waals surface area contributed by atoms with Gasteiger partial charge in [0.2, 0.25) is 5.91 Å². The number of carbonyl (C=O) groups excluding carboxylic acids is 1. The lowest BCUT2D eigenvalue weighted by atomic mass is 9.97. The van der Waals surface area contributed by atoms with Crippen LogP contribution in [0, 0.1) is 0 Å². The summed E-state index contributed by atoms with van der Waals surface area (Å²) in [6.07, 6.45) is 3.77. The van der Waals surface area contributed by atoms with Crippen molar-refractivity contribution in [1.29, 1.82) is 0 Å². The SMILES string of the molecule is CC(CC(=O)Nc1cncc(Br)c1)c1ccccc1. The molecular weight excluding hydrogens is 304 g/mol. The van der Waals surface area contributed by atoms with Gasteiger partial charge in [-0.15, -0.1) is 0 Å². The van der Waals surface area contributed by atoms with E-state index in [1.165, 1.54) is 5.56 Å². The number of benzene rings is 1. The van der Waals surface area contributed by atoms with Crippen LogP contribution < -0.4 is 5.32 Å². The molecule has 2 aromatic rings. The van der Waals surface area contributed by atoms with Crippen molar-refractivity contribution in [2.75, 3.05) is 5.32 Å². The number of nitrogens with zero attached hydrogens (tertiary/aromatic N) is 1. The van der Waals surface area contributed by atoms with Crippen LogP contribution in [-0.4, -0.2) is 10.9 Å². The predicted octanol–water partition coefficient (Wildman–Crippen LogP) is 3.98. The second kappa shape index (κ2) is 6.48. The van der Waals surface area contributed by atoms with Crippen LogP contribution in [-0.2, 0) is 4.79 Å². The summed E-state index contributed by atoms with van der Waals surface area (Å²) in [5, 5.41) is 2.85. The molecule has 4 heteroatoms. The van der Waals surface area contributed by atoms with E-state index in [4.69, 9.17) is 0 Å². The molecule has 1 heterocycles. The van der Waals surface area contributed by atoms with Crippen LogP contribution >= 0.6 is 15.9 Å². The quantitative estimate of drug-likeness (QED) is 0.926. The molecule has 1 unspecified atom stereocenters. The van der Waals surface area contributed by atoms with Gasteiger partial charge in [-0.2, -0.15) is 0 Å². The van der Waals surface area contributed by atoms with Crippen molar-refractivity contribution < 1.29 is 4.79 Å². The van der Waals surface area contributed by atoms with Gasteiger partial charge >= 0.3 is 0 Å². The van der Waals surface area contributed by atoms with Gasteiger partial charge in [0.05, 0.1) is 11.9 Å². The topological polar surface area (TPSA) is 42.0 Å². The summed E-state index contributed by atoms with van der Waals surface area (Å²) >= 11 is 3.33. The fourth-order valence-electron chi connectivity index (χ4n) is 1.87. The molecule has 0 radical (unpaired) electrons. The summed E-state index contributed by atoms with van der Waals surface area (Å²) in [5.41, 5.74) is 1.88. The van der Waals surface area contributed by atoms with Crippen LogP contribution in [0.4, 0.5) is 5.69 Å². The smallest absolute Gasteiger partial charge is 0.225 e. The maximum atomic E-state index is 12.0. The number of nitrogens with one attached hydrogen (secondary N) is 1. The first kappa shape index (κ1) is 13.7. The molecule has 0 bridgehead atoms. The minimum absolute atomic E-state index is 0.00347. The van der Waals surface area contributed by atoms with Crippen molar-refractivity contribution in [3.8, 4) is 0 Å². The number of hydrogen-bond donors (Lipinski definition) is 1. The molecule has 1 amide bonds. The summed E-state index contributed by atoms with van der Waals surface area (Å²) in [5.74, 6) is 0.192. The Hall–Kier alpha value is -1.68. The number of carbonyl (C=O) groups is 1. The molecule has 1 N–H and O–H groups in total. The molecular formula is C15H15BrN2O. The van der Waals surface area contributed by atoms with Crippen molar-refractivity contribution >= 4 is 27.5 Å². The van der Waals surface area contributed by atoms with Gasteiger partial charge in [-0.25, -0.2) is 0 Å². The van der Waals surface area contributed by atoms with E-state index in [0.717, 1.165) is 4.47 Å².